The first-order chi connectivity index (χ1) is 13.0. The van der Waals surface area contributed by atoms with Crippen LogP contribution in [0.5, 0.6) is 0 Å². The van der Waals surface area contributed by atoms with Crippen LogP contribution in [0.2, 0.25) is 0 Å². The molecular weight excluding hydrogens is 390 g/mol. The summed E-state index contributed by atoms with van der Waals surface area (Å²) in [5.74, 6) is -0.712. The number of carboxylic acids is 1. The van der Waals surface area contributed by atoms with Gasteiger partial charge >= 0.3 is 12.0 Å². The molecule has 0 radical (unpaired) electrons. The van der Waals surface area contributed by atoms with Crippen molar-refractivity contribution in [3.8, 4) is 0 Å². The first kappa shape index (κ1) is 19.5. The highest BCUT2D eigenvalue weighted by molar-refractivity contribution is 8.01. The molecule has 1 aromatic heterocycles. The standard InChI is InChI=1S/C16H19N5O4S2/c1-2-4-17-15(25)20-10-12(22)21-11(14(23)24)9(7-26-13(10)21)8-27-16-18-5-3-6-19-16/h3,5-6,10,13H,2,4,7-8H2,1H3,(H,23,24)(H2,17,20,25)/t10?,13-/m0/s1. The zero-order valence-electron chi connectivity index (χ0n) is 14.5. The number of aliphatic carboxylic acids is 1. The minimum atomic E-state index is -1.15. The number of urea groups is 1. The number of nitrogens with zero attached hydrogens (tertiary/aromatic N) is 3. The van der Waals surface area contributed by atoms with Crippen molar-refractivity contribution in [2.24, 2.45) is 0 Å². The van der Waals surface area contributed by atoms with Gasteiger partial charge in [0.05, 0.1) is 0 Å². The van der Waals surface area contributed by atoms with Gasteiger partial charge in [0.25, 0.3) is 5.91 Å². The first-order valence-electron chi connectivity index (χ1n) is 8.37. The number of rotatable bonds is 7. The molecule has 144 valence electrons. The normalized spacial score (nSPS) is 21.4. The summed E-state index contributed by atoms with van der Waals surface area (Å²) < 4.78 is 0. The average molecular weight is 409 g/mol. The maximum atomic E-state index is 12.5. The van der Waals surface area contributed by atoms with Crippen molar-refractivity contribution in [2.45, 2.75) is 29.9 Å². The third kappa shape index (κ3) is 4.19. The molecule has 27 heavy (non-hydrogen) atoms. The second-order valence-electron chi connectivity index (χ2n) is 5.87. The highest BCUT2D eigenvalue weighted by Crippen LogP contribution is 2.41. The van der Waals surface area contributed by atoms with E-state index in [0.717, 1.165) is 6.42 Å². The number of carbonyl (C=O) groups is 3. The number of nitrogens with one attached hydrogen (secondary N) is 2. The quantitative estimate of drug-likeness (QED) is 0.345. The Labute approximate surface area is 164 Å². The molecule has 3 rings (SSSR count). The van der Waals surface area contributed by atoms with E-state index in [9.17, 15) is 19.5 Å². The third-order valence-electron chi connectivity index (χ3n) is 3.99. The summed E-state index contributed by atoms with van der Waals surface area (Å²) in [6, 6.07) is 0.571. The molecule has 1 saturated heterocycles. The number of carboxylic acid groups (broad SMARTS) is 1. The van der Waals surface area contributed by atoms with Gasteiger partial charge in [-0.2, -0.15) is 0 Å². The molecule has 2 aliphatic heterocycles. The van der Waals surface area contributed by atoms with E-state index in [1.807, 2.05) is 6.92 Å². The number of fused-ring (bicyclic) bond motifs is 1. The van der Waals surface area contributed by atoms with Crippen LogP contribution in [0.4, 0.5) is 4.79 Å². The average Bonchev–Trinajstić information content (AvgIpc) is 2.68. The molecule has 0 aliphatic carbocycles. The van der Waals surface area contributed by atoms with Gasteiger partial charge in [-0.3, -0.25) is 9.69 Å². The van der Waals surface area contributed by atoms with Crippen molar-refractivity contribution >= 4 is 41.4 Å². The van der Waals surface area contributed by atoms with Gasteiger partial charge in [0.2, 0.25) is 0 Å². The van der Waals surface area contributed by atoms with Gasteiger partial charge in [-0.1, -0.05) is 18.7 Å². The van der Waals surface area contributed by atoms with Crippen LogP contribution in [0.3, 0.4) is 0 Å². The lowest BCUT2D eigenvalue weighted by atomic mass is 10.0. The van der Waals surface area contributed by atoms with Gasteiger partial charge in [-0.05, 0) is 18.1 Å². The van der Waals surface area contributed by atoms with E-state index in [1.54, 1.807) is 18.5 Å². The molecule has 9 nitrogen and oxygen atoms in total. The Balaban J connectivity index is 1.69. The summed E-state index contributed by atoms with van der Waals surface area (Å²) >= 11 is 2.77. The van der Waals surface area contributed by atoms with E-state index in [2.05, 4.69) is 20.6 Å². The van der Waals surface area contributed by atoms with E-state index in [4.69, 9.17) is 0 Å². The molecular formula is C16H19N5O4S2. The van der Waals surface area contributed by atoms with Gasteiger partial charge in [0, 0.05) is 30.4 Å². The fourth-order valence-corrected chi connectivity index (χ4v) is 5.02. The Morgan fingerprint density at radius 2 is 2.15 bits per heavy atom. The van der Waals surface area contributed by atoms with Gasteiger partial charge in [-0.25, -0.2) is 19.6 Å². The number of aromatic nitrogens is 2. The second-order valence-corrected chi connectivity index (χ2v) is 7.91. The van der Waals surface area contributed by atoms with Crippen molar-refractivity contribution in [2.75, 3.05) is 18.1 Å². The number of hydrogen-bond acceptors (Lipinski definition) is 7. The number of amides is 3. The molecule has 3 heterocycles. The number of β-lactam (4-membered cyclic amide) rings is 1. The van der Waals surface area contributed by atoms with Crippen molar-refractivity contribution in [3.63, 3.8) is 0 Å². The monoisotopic (exact) mass is 409 g/mol. The number of thioether (sulfide) groups is 2. The highest BCUT2D eigenvalue weighted by atomic mass is 32.2. The van der Waals surface area contributed by atoms with Crippen LogP contribution < -0.4 is 10.6 Å². The maximum Gasteiger partial charge on any atom is 0.352 e. The number of carbonyl (C=O) groups excluding carboxylic acids is 2. The molecule has 3 amide bonds. The molecule has 0 saturated carbocycles. The lowest BCUT2D eigenvalue weighted by molar-refractivity contribution is -0.148. The smallest absolute Gasteiger partial charge is 0.352 e. The Morgan fingerprint density at radius 3 is 2.81 bits per heavy atom. The van der Waals surface area contributed by atoms with Crippen LogP contribution in [-0.2, 0) is 9.59 Å². The van der Waals surface area contributed by atoms with E-state index in [0.29, 0.717) is 28.8 Å². The Bertz CT molecular complexity index is 773. The van der Waals surface area contributed by atoms with Crippen LogP contribution in [0, 0.1) is 0 Å². The summed E-state index contributed by atoms with van der Waals surface area (Å²) in [7, 11) is 0. The van der Waals surface area contributed by atoms with Gasteiger partial charge in [0.15, 0.2) is 5.16 Å². The minimum absolute atomic E-state index is 0.000743. The van der Waals surface area contributed by atoms with Gasteiger partial charge in [0.1, 0.15) is 17.1 Å². The van der Waals surface area contributed by atoms with Crippen molar-refractivity contribution in [1.29, 1.82) is 0 Å². The minimum Gasteiger partial charge on any atom is -0.477 e. The van der Waals surface area contributed by atoms with Crippen LogP contribution in [-0.4, -0.2) is 67.3 Å². The summed E-state index contributed by atoms with van der Waals surface area (Å²) in [5, 5.41) is 15.1. The summed E-state index contributed by atoms with van der Waals surface area (Å²) in [4.78, 5) is 45.6. The topological polar surface area (TPSA) is 125 Å². The second kappa shape index (κ2) is 8.61. The maximum absolute atomic E-state index is 12.5. The van der Waals surface area contributed by atoms with Crippen LogP contribution >= 0.6 is 23.5 Å². The van der Waals surface area contributed by atoms with E-state index in [1.165, 1.54) is 28.4 Å². The molecule has 1 unspecified atom stereocenters. The molecule has 3 N–H and O–H groups in total. The largest absolute Gasteiger partial charge is 0.477 e. The van der Waals surface area contributed by atoms with Crippen molar-refractivity contribution in [1.82, 2.24) is 25.5 Å². The van der Waals surface area contributed by atoms with E-state index >= 15 is 0 Å². The third-order valence-corrected chi connectivity index (χ3v) is 6.29. The Kier molecular flexibility index (Phi) is 6.22. The highest BCUT2D eigenvalue weighted by Gasteiger charge is 2.54. The fourth-order valence-electron chi connectivity index (χ4n) is 2.74. The first-order valence-corrected chi connectivity index (χ1v) is 10.4. The van der Waals surface area contributed by atoms with Gasteiger partial charge < -0.3 is 15.7 Å². The molecule has 1 aromatic rings. The molecule has 11 heteroatoms. The van der Waals surface area contributed by atoms with Gasteiger partial charge in [-0.15, -0.1) is 11.8 Å². The Hall–Kier alpha value is -2.27. The number of hydrogen-bond donors (Lipinski definition) is 3. The lowest BCUT2D eigenvalue weighted by Gasteiger charge is -2.49. The predicted molar refractivity (Wildman–Crippen MR) is 101 cm³/mol. The fraction of sp³-hybridized carbons (Fsp3) is 0.438. The molecule has 0 spiro atoms. The van der Waals surface area contributed by atoms with Crippen molar-refractivity contribution in [3.05, 3.63) is 29.7 Å². The van der Waals surface area contributed by atoms with E-state index < -0.39 is 29.3 Å². The zero-order valence-corrected chi connectivity index (χ0v) is 16.2. The summed E-state index contributed by atoms with van der Waals surface area (Å²) in [6.45, 7) is 2.44. The molecule has 0 aromatic carbocycles. The van der Waals surface area contributed by atoms with Crippen molar-refractivity contribution < 1.29 is 19.5 Å². The summed E-state index contributed by atoms with van der Waals surface area (Å²) in [5.41, 5.74) is 0.641. The SMILES string of the molecule is CCCNC(=O)NC1C(=O)N2C(C(=O)O)=C(CSc3ncccn3)CS[C@@H]12. The Morgan fingerprint density at radius 1 is 1.41 bits per heavy atom. The van der Waals surface area contributed by atoms with E-state index in [-0.39, 0.29) is 5.70 Å². The van der Waals surface area contributed by atoms with Crippen LogP contribution in [0.15, 0.2) is 34.9 Å². The molecule has 0 bridgehead atoms. The van der Waals surface area contributed by atoms with Crippen LogP contribution in [0.1, 0.15) is 13.3 Å². The van der Waals surface area contributed by atoms with Crippen LogP contribution in [0.25, 0.3) is 0 Å². The molecule has 2 atom stereocenters. The zero-order chi connectivity index (χ0) is 19.4. The molecule has 1 fully saturated rings. The summed E-state index contributed by atoms with van der Waals surface area (Å²) in [6.07, 6.45) is 4.02. The lowest BCUT2D eigenvalue weighted by Crippen LogP contribution is -2.71. The predicted octanol–water partition coefficient (Wildman–Crippen LogP) is 0.900. The molecule has 2 aliphatic rings.